The van der Waals surface area contributed by atoms with Crippen LogP contribution < -0.4 is 75.5 Å². The van der Waals surface area contributed by atoms with E-state index in [1.165, 1.54) is 38.1 Å². The van der Waals surface area contributed by atoms with Crippen molar-refractivity contribution in [1.29, 1.82) is 5.41 Å². The summed E-state index contributed by atoms with van der Waals surface area (Å²) in [5, 5.41) is 54.3. The van der Waals surface area contributed by atoms with E-state index in [0.29, 0.717) is 16.7 Å². The van der Waals surface area contributed by atoms with Gasteiger partial charge in [-0.15, -0.1) is 0 Å². The number of carbonyl (C=O) groups is 11. The van der Waals surface area contributed by atoms with Crippen LogP contribution in [-0.2, 0) is 67.2 Å². The molecular formula is C56H78N16O13. The first-order valence-corrected chi connectivity index (χ1v) is 27.3. The Bertz CT molecular complexity index is 2990. The van der Waals surface area contributed by atoms with Crippen LogP contribution in [0.3, 0.4) is 0 Å². The molecule has 1 aromatic heterocycles. The van der Waals surface area contributed by atoms with Gasteiger partial charge in [-0.05, 0) is 73.9 Å². The zero-order chi connectivity index (χ0) is 62.9. The molecular weight excluding hydrogens is 1100 g/mol. The average Bonchev–Trinajstić information content (AvgIpc) is 4.07. The summed E-state index contributed by atoms with van der Waals surface area (Å²) in [6.07, 6.45) is -0.786. The van der Waals surface area contributed by atoms with Crippen LogP contribution in [0.1, 0.15) is 77.0 Å². The number of aromatic hydroxyl groups is 1. The van der Waals surface area contributed by atoms with Crippen molar-refractivity contribution >= 4 is 82.0 Å². The lowest BCUT2D eigenvalue weighted by Gasteiger charge is -2.27. The van der Waals surface area contributed by atoms with Crippen molar-refractivity contribution in [2.75, 3.05) is 13.6 Å². The van der Waals surface area contributed by atoms with Gasteiger partial charge in [0.25, 0.3) is 5.91 Å². The van der Waals surface area contributed by atoms with E-state index in [1.807, 2.05) is 24.3 Å². The molecule has 3 aromatic carbocycles. The number of hydrogen-bond acceptors (Lipinski definition) is 14. The highest BCUT2D eigenvalue weighted by Gasteiger charge is 2.35. The predicted octanol–water partition coefficient (Wildman–Crippen LogP) is -2.65. The summed E-state index contributed by atoms with van der Waals surface area (Å²) in [7, 11) is 1.54. The highest BCUT2D eigenvalue weighted by molar-refractivity contribution is 5.99. The third kappa shape index (κ3) is 22.8. The molecule has 4 aromatic rings. The number of aliphatic hydroxyl groups excluding tert-OH is 1. The molecule has 0 spiro atoms. The van der Waals surface area contributed by atoms with Crippen molar-refractivity contribution in [2.24, 2.45) is 17.4 Å². The Morgan fingerprint density at radius 3 is 1.76 bits per heavy atom. The lowest BCUT2D eigenvalue weighted by Crippen LogP contribution is -2.62. The van der Waals surface area contributed by atoms with Gasteiger partial charge in [-0.1, -0.05) is 74.5 Å². The van der Waals surface area contributed by atoms with E-state index in [2.05, 4.69) is 69.0 Å². The first-order valence-electron chi connectivity index (χ1n) is 27.3. The predicted molar refractivity (Wildman–Crippen MR) is 311 cm³/mol. The largest absolute Gasteiger partial charge is 0.508 e. The number of hydrazine groups is 1. The fourth-order valence-electron chi connectivity index (χ4n) is 8.66. The molecule has 9 atom stereocenters. The molecule has 29 nitrogen and oxygen atoms in total. The second-order valence-corrected chi connectivity index (χ2v) is 20.6. The maximum Gasteiger partial charge on any atom is 0.334 e. The number of carbonyl (C=O) groups excluding carboxylic acids is 11. The van der Waals surface area contributed by atoms with Gasteiger partial charge >= 0.3 is 6.03 Å². The lowest BCUT2D eigenvalue weighted by molar-refractivity contribution is -0.137. The van der Waals surface area contributed by atoms with E-state index in [-0.39, 0.29) is 62.7 Å². The number of phenolic OH excluding ortho intramolecular Hbond substituents is 1. The number of para-hydroxylation sites is 1. The third-order valence-electron chi connectivity index (χ3n) is 13.1. The minimum atomic E-state index is -1.86. The van der Waals surface area contributed by atoms with Gasteiger partial charge in [0.1, 0.15) is 54.1 Å². The molecule has 0 saturated carbocycles. The van der Waals surface area contributed by atoms with Gasteiger partial charge in [-0.3, -0.25) is 58.8 Å². The standard InChI is InChI=1S/C56H78N16O13/c1-29(2)23-41(51(81)65-39(17-12-22-61-55(59)60-6)49(79)66-40(47(58)77)26-35-28-62-38-16-11-10-15-37(35)38)69-56(85)72-71-53(83)43(24-33-13-8-7-9-14-33)68-54(84)46(31(4)73)70-52(82)44(27-45(57)76)67-48(78)30(3)63-50(80)42(64-32(5)74)25-34-18-20-36(75)21-19-34/h7-11,13-16,18-21,28-31,39-44,46,62,73,75H,12,17,22-27H2,1-6H3,(H2,57,76)(H2,58,77)(H,63,80)(H,64,74)(H,65,81)(H,66,79)(H,67,78)(H,68,84)(H,70,82)(H,71,83)(H3,59,60,61)(H2,69,72,85)/t30-,31+,39-,40-,41-,42+,43-,44-,46-/m0/s1. The molecule has 0 aliphatic rings. The van der Waals surface area contributed by atoms with Crippen LogP contribution in [0, 0.1) is 11.3 Å². The molecule has 1 heterocycles. The Labute approximate surface area is 490 Å². The number of urea groups is 1. The molecule has 0 saturated heterocycles. The van der Waals surface area contributed by atoms with Crippen molar-refractivity contribution in [3.63, 3.8) is 0 Å². The fourth-order valence-corrected chi connectivity index (χ4v) is 8.66. The highest BCUT2D eigenvalue weighted by atomic mass is 16.3. The normalized spacial score (nSPS) is 14.1. The monoisotopic (exact) mass is 1180 g/mol. The summed E-state index contributed by atoms with van der Waals surface area (Å²) in [5.74, 6) is -9.46. The Hall–Kier alpha value is -9.80. The number of rotatable bonds is 31. The van der Waals surface area contributed by atoms with Gasteiger partial charge in [0, 0.05) is 56.9 Å². The number of fused-ring (bicyclic) bond motifs is 1. The van der Waals surface area contributed by atoms with E-state index in [4.69, 9.17) is 16.9 Å². The number of aromatic amines is 1. The molecule has 12 amide bonds. The second kappa shape index (κ2) is 33.3. The number of phenols is 1. The summed E-state index contributed by atoms with van der Waals surface area (Å²) < 4.78 is 0. The summed E-state index contributed by atoms with van der Waals surface area (Å²) in [5.41, 5.74) is 18.1. The number of aromatic nitrogens is 1. The number of guanidine groups is 1. The maximum atomic E-state index is 14.1. The Balaban J connectivity index is 1.46. The Morgan fingerprint density at radius 1 is 0.588 bits per heavy atom. The number of nitrogens with one attached hydrogen (secondary N) is 14. The van der Waals surface area contributed by atoms with Crippen LogP contribution in [-0.4, -0.2) is 154 Å². The zero-order valence-corrected chi connectivity index (χ0v) is 48.1. The topological polar surface area (TPSA) is 464 Å². The number of primary amides is 2. The molecule has 0 aliphatic carbocycles. The second-order valence-electron chi connectivity index (χ2n) is 20.6. The molecule has 0 aliphatic heterocycles. The molecule has 85 heavy (non-hydrogen) atoms. The molecule has 460 valence electrons. The van der Waals surface area contributed by atoms with Gasteiger partial charge in [0.05, 0.1) is 12.5 Å². The minimum Gasteiger partial charge on any atom is -0.508 e. The van der Waals surface area contributed by atoms with Gasteiger partial charge in [0.15, 0.2) is 5.96 Å². The molecule has 0 unspecified atom stereocenters. The third-order valence-corrected chi connectivity index (χ3v) is 13.1. The average molecular weight is 1180 g/mol. The summed E-state index contributed by atoms with van der Waals surface area (Å²) in [4.78, 5) is 150. The maximum absolute atomic E-state index is 14.1. The van der Waals surface area contributed by atoms with Crippen molar-refractivity contribution < 1.29 is 63.0 Å². The lowest BCUT2D eigenvalue weighted by atomic mass is 10.0. The van der Waals surface area contributed by atoms with Crippen LogP contribution >= 0.6 is 0 Å². The van der Waals surface area contributed by atoms with Gasteiger partial charge < -0.3 is 79.8 Å². The molecule has 0 bridgehead atoms. The highest BCUT2D eigenvalue weighted by Crippen LogP contribution is 2.20. The van der Waals surface area contributed by atoms with E-state index >= 15 is 0 Å². The number of H-pyrrole nitrogens is 1. The Morgan fingerprint density at radius 2 is 1.15 bits per heavy atom. The van der Waals surface area contributed by atoms with Crippen LogP contribution in [0.5, 0.6) is 5.75 Å². The van der Waals surface area contributed by atoms with Crippen LogP contribution in [0.15, 0.2) is 85.1 Å². The number of benzene rings is 3. The smallest absolute Gasteiger partial charge is 0.334 e. The fraction of sp³-hybridized carbons (Fsp3) is 0.429. The number of hydrogen-bond donors (Lipinski definition) is 18. The van der Waals surface area contributed by atoms with Crippen LogP contribution in [0.2, 0.25) is 0 Å². The summed E-state index contributed by atoms with van der Waals surface area (Å²) >= 11 is 0. The van der Waals surface area contributed by atoms with Crippen molar-refractivity contribution in [2.45, 2.75) is 134 Å². The van der Waals surface area contributed by atoms with Gasteiger partial charge in [-0.2, -0.15) is 0 Å². The molecule has 29 heteroatoms. The van der Waals surface area contributed by atoms with E-state index < -0.39 is 126 Å². The van der Waals surface area contributed by atoms with Crippen molar-refractivity contribution in [3.8, 4) is 5.75 Å². The number of amides is 12. The molecule has 0 fully saturated rings. The molecule has 0 radical (unpaired) electrons. The van der Waals surface area contributed by atoms with Crippen LogP contribution in [0.25, 0.3) is 10.9 Å². The van der Waals surface area contributed by atoms with E-state index in [9.17, 15) is 63.0 Å². The quantitative estimate of drug-likeness (QED) is 0.0106. The van der Waals surface area contributed by atoms with E-state index in [1.54, 1.807) is 57.4 Å². The molecule has 20 N–H and O–H groups in total. The van der Waals surface area contributed by atoms with Crippen LogP contribution in [0.4, 0.5) is 4.79 Å². The minimum absolute atomic E-state index is 0.00416. The number of aliphatic hydroxyl groups is 1. The SMILES string of the molecule is CNC(=N)NCCC[C@H](NC(=O)[C@H](CC(C)C)NC(=O)NNC(=O)[C@H](Cc1ccccc1)NC(=O)[C@@H](NC(=O)[C@H](CC(N)=O)NC(=O)[C@H](C)NC(=O)[C@@H](Cc1ccc(O)cc1)NC(C)=O)[C@@H](C)O)C(=O)N[C@@H](Cc1c[nH]c2ccccc12)C(N)=O. The van der Waals surface area contributed by atoms with Gasteiger partial charge in [-0.25, -0.2) is 10.2 Å². The van der Waals surface area contributed by atoms with Gasteiger partial charge in [0.2, 0.25) is 53.2 Å². The summed E-state index contributed by atoms with van der Waals surface area (Å²) in [6, 6.07) is 8.72. The zero-order valence-electron chi connectivity index (χ0n) is 48.1. The van der Waals surface area contributed by atoms with Crippen molar-refractivity contribution in [3.05, 3.63) is 102 Å². The van der Waals surface area contributed by atoms with Crippen molar-refractivity contribution in [1.82, 2.24) is 69.0 Å². The summed E-state index contributed by atoms with van der Waals surface area (Å²) in [6.45, 7) is 7.30. The molecule has 4 rings (SSSR count). The van der Waals surface area contributed by atoms with E-state index in [0.717, 1.165) is 17.8 Å². The Kier molecular flexibility index (Phi) is 26.6. The first-order chi connectivity index (χ1) is 40.2. The number of nitrogens with two attached hydrogens (primary N) is 2. The first kappa shape index (κ1) is 67.7.